The van der Waals surface area contributed by atoms with Crippen LogP contribution in [0.15, 0.2) is 0 Å². The molecule has 0 rings (SSSR count). The zero-order valence-electron chi connectivity index (χ0n) is 10.5. The smallest absolute Gasteiger partial charge is 0.146 e. The highest BCUT2D eigenvalue weighted by molar-refractivity contribution is 4.71. The highest BCUT2D eigenvalue weighted by Gasteiger charge is 2.10. The molecule has 0 unspecified atom stereocenters. The van der Waals surface area contributed by atoms with Crippen LogP contribution in [0.4, 0.5) is 0 Å². The largest absolute Gasteiger partial charge is 0.355 e. The van der Waals surface area contributed by atoms with E-state index in [9.17, 15) is 0 Å². The van der Waals surface area contributed by atoms with Gasteiger partial charge in [-0.25, -0.2) is 0 Å². The van der Waals surface area contributed by atoms with Crippen molar-refractivity contribution in [2.45, 2.75) is 51.6 Å². The van der Waals surface area contributed by atoms with E-state index in [2.05, 4.69) is 0 Å². The summed E-state index contributed by atoms with van der Waals surface area (Å²) in [6.07, 6.45) is 1.66. The van der Waals surface area contributed by atoms with Gasteiger partial charge in [0, 0.05) is 11.1 Å². The summed E-state index contributed by atoms with van der Waals surface area (Å²) in [5.41, 5.74) is 11.3. The van der Waals surface area contributed by atoms with Gasteiger partial charge in [0.05, 0.1) is 13.2 Å². The van der Waals surface area contributed by atoms with E-state index < -0.39 is 0 Å². The van der Waals surface area contributed by atoms with Crippen molar-refractivity contribution in [1.29, 1.82) is 0 Å². The van der Waals surface area contributed by atoms with Crippen LogP contribution in [0.25, 0.3) is 0 Å². The average molecular weight is 218 g/mol. The van der Waals surface area contributed by atoms with Gasteiger partial charge >= 0.3 is 0 Å². The predicted molar refractivity (Wildman–Crippen MR) is 62.5 cm³/mol. The maximum atomic E-state index is 5.80. The number of nitrogens with two attached hydrogens (primary N) is 2. The first-order valence-corrected chi connectivity index (χ1v) is 5.44. The third-order valence-corrected chi connectivity index (χ3v) is 1.95. The molecular weight excluding hydrogens is 192 g/mol. The van der Waals surface area contributed by atoms with Crippen molar-refractivity contribution in [3.05, 3.63) is 0 Å². The Morgan fingerprint density at radius 1 is 0.800 bits per heavy atom. The molecule has 0 atom stereocenters. The van der Waals surface area contributed by atoms with Crippen molar-refractivity contribution in [3.8, 4) is 0 Å². The van der Waals surface area contributed by atoms with Gasteiger partial charge < -0.3 is 20.9 Å². The van der Waals surface area contributed by atoms with Gasteiger partial charge in [-0.3, -0.25) is 0 Å². The Hall–Kier alpha value is -0.160. The van der Waals surface area contributed by atoms with Gasteiger partial charge in [0.1, 0.15) is 6.79 Å². The van der Waals surface area contributed by atoms with E-state index in [4.69, 9.17) is 20.9 Å². The minimum atomic E-state index is -0.167. The fourth-order valence-electron chi connectivity index (χ4n) is 0.847. The molecule has 0 aliphatic carbocycles. The van der Waals surface area contributed by atoms with Crippen molar-refractivity contribution in [3.63, 3.8) is 0 Å². The normalized spacial score (nSPS) is 13.2. The van der Waals surface area contributed by atoms with Gasteiger partial charge in [-0.15, -0.1) is 0 Å². The lowest BCUT2D eigenvalue weighted by molar-refractivity contribution is -0.0601. The average Bonchev–Trinajstić information content (AvgIpc) is 1.98. The summed E-state index contributed by atoms with van der Waals surface area (Å²) in [7, 11) is 0. The van der Waals surface area contributed by atoms with Gasteiger partial charge in [-0.2, -0.15) is 0 Å². The molecule has 0 aliphatic rings. The molecule has 0 amide bonds. The molecule has 0 spiro atoms. The maximum absolute atomic E-state index is 5.80. The molecule has 0 radical (unpaired) electrons. The molecule has 0 heterocycles. The summed E-state index contributed by atoms with van der Waals surface area (Å²) in [5.74, 6) is 0. The van der Waals surface area contributed by atoms with Gasteiger partial charge in [0.25, 0.3) is 0 Å². The lowest BCUT2D eigenvalue weighted by Crippen LogP contribution is -2.34. The fraction of sp³-hybridized carbons (Fsp3) is 1.00. The maximum Gasteiger partial charge on any atom is 0.146 e. The lowest BCUT2D eigenvalue weighted by atomic mass is 10.0. The molecule has 92 valence electrons. The molecule has 0 aliphatic heterocycles. The number of ether oxygens (including phenoxy) is 2. The van der Waals surface area contributed by atoms with Crippen LogP contribution in [0.1, 0.15) is 40.5 Å². The molecule has 0 fully saturated rings. The first kappa shape index (κ1) is 14.8. The van der Waals surface area contributed by atoms with Crippen molar-refractivity contribution < 1.29 is 9.47 Å². The minimum absolute atomic E-state index is 0.167. The molecular formula is C11H26N2O2. The van der Waals surface area contributed by atoms with Crippen molar-refractivity contribution in [2.24, 2.45) is 11.5 Å². The van der Waals surface area contributed by atoms with E-state index in [-0.39, 0.29) is 11.1 Å². The first-order valence-electron chi connectivity index (χ1n) is 5.44. The SMILES string of the molecule is CC(C)(N)CCOCOCCC(C)(C)N. The quantitative estimate of drug-likeness (QED) is 0.475. The van der Waals surface area contributed by atoms with Crippen LogP contribution in [0, 0.1) is 0 Å². The van der Waals surface area contributed by atoms with Crippen LogP contribution in [-0.4, -0.2) is 31.1 Å². The number of hydrogen-bond donors (Lipinski definition) is 2. The van der Waals surface area contributed by atoms with Crippen LogP contribution in [-0.2, 0) is 9.47 Å². The van der Waals surface area contributed by atoms with E-state index in [0.717, 1.165) is 12.8 Å². The van der Waals surface area contributed by atoms with E-state index in [0.29, 0.717) is 20.0 Å². The predicted octanol–water partition coefficient (Wildman–Crippen LogP) is 1.23. The molecule has 4 heteroatoms. The molecule has 4 N–H and O–H groups in total. The van der Waals surface area contributed by atoms with Crippen molar-refractivity contribution in [2.75, 3.05) is 20.0 Å². The Morgan fingerprint density at radius 2 is 1.13 bits per heavy atom. The van der Waals surface area contributed by atoms with Gasteiger partial charge in [0.2, 0.25) is 0 Å². The Bertz CT molecular complexity index is 141. The second kappa shape index (κ2) is 6.43. The van der Waals surface area contributed by atoms with Crippen LogP contribution >= 0.6 is 0 Å². The monoisotopic (exact) mass is 218 g/mol. The van der Waals surface area contributed by atoms with Gasteiger partial charge in [0.15, 0.2) is 0 Å². The summed E-state index contributed by atoms with van der Waals surface area (Å²) in [6.45, 7) is 9.52. The molecule has 0 bridgehead atoms. The first-order chi connectivity index (χ1) is 6.71. The topological polar surface area (TPSA) is 70.5 Å². The van der Waals surface area contributed by atoms with Crippen molar-refractivity contribution in [1.82, 2.24) is 0 Å². The van der Waals surface area contributed by atoms with Crippen LogP contribution in [0.3, 0.4) is 0 Å². The molecule has 4 nitrogen and oxygen atoms in total. The van der Waals surface area contributed by atoms with Crippen LogP contribution in [0.5, 0.6) is 0 Å². The number of hydrogen-bond acceptors (Lipinski definition) is 4. The molecule has 0 saturated heterocycles. The molecule has 0 saturated carbocycles. The third-order valence-electron chi connectivity index (χ3n) is 1.95. The summed E-state index contributed by atoms with van der Waals surface area (Å²) in [5, 5.41) is 0. The Balaban J connectivity index is 3.20. The molecule has 0 aromatic rings. The summed E-state index contributed by atoms with van der Waals surface area (Å²) >= 11 is 0. The van der Waals surface area contributed by atoms with Gasteiger partial charge in [-0.05, 0) is 40.5 Å². The highest BCUT2D eigenvalue weighted by Crippen LogP contribution is 2.04. The standard InChI is InChI=1S/C11H26N2O2/c1-10(2,12)5-7-14-9-15-8-6-11(3,4)13/h5-9,12-13H2,1-4H3. The zero-order chi connectivity index (χ0) is 11.9. The molecule has 15 heavy (non-hydrogen) atoms. The molecule has 0 aromatic heterocycles. The second-order valence-electron chi connectivity index (χ2n) is 5.41. The van der Waals surface area contributed by atoms with E-state index in [1.165, 1.54) is 0 Å². The van der Waals surface area contributed by atoms with E-state index in [1.807, 2.05) is 27.7 Å². The Labute approximate surface area is 93.3 Å². The number of rotatable bonds is 8. The molecule has 0 aromatic carbocycles. The Morgan fingerprint density at radius 3 is 1.40 bits per heavy atom. The summed E-state index contributed by atoms with van der Waals surface area (Å²) in [6, 6.07) is 0. The minimum Gasteiger partial charge on any atom is -0.355 e. The summed E-state index contributed by atoms with van der Waals surface area (Å²) in [4.78, 5) is 0. The van der Waals surface area contributed by atoms with Gasteiger partial charge in [-0.1, -0.05) is 0 Å². The van der Waals surface area contributed by atoms with Crippen molar-refractivity contribution >= 4 is 0 Å². The second-order valence-corrected chi connectivity index (χ2v) is 5.41. The third kappa shape index (κ3) is 13.8. The highest BCUT2D eigenvalue weighted by atomic mass is 16.7. The van der Waals surface area contributed by atoms with E-state index >= 15 is 0 Å². The van der Waals surface area contributed by atoms with Crippen LogP contribution < -0.4 is 11.5 Å². The van der Waals surface area contributed by atoms with Crippen LogP contribution in [0.2, 0.25) is 0 Å². The lowest BCUT2D eigenvalue weighted by Gasteiger charge is -2.19. The zero-order valence-corrected chi connectivity index (χ0v) is 10.5. The Kier molecular flexibility index (Phi) is 6.36. The van der Waals surface area contributed by atoms with E-state index in [1.54, 1.807) is 0 Å². The summed E-state index contributed by atoms with van der Waals surface area (Å²) < 4.78 is 10.6. The fourth-order valence-corrected chi connectivity index (χ4v) is 0.847.